The van der Waals surface area contributed by atoms with E-state index in [1.807, 2.05) is 24.3 Å². The minimum atomic E-state index is -0.332. The smallest absolute Gasteiger partial charge is 0.341 e. The monoisotopic (exact) mass is 402 g/mol. The van der Waals surface area contributed by atoms with Crippen LogP contribution in [0.4, 0.5) is 15.5 Å². The van der Waals surface area contributed by atoms with Gasteiger partial charge in [0.15, 0.2) is 0 Å². The predicted octanol–water partition coefficient (Wildman–Crippen LogP) is 4.95. The molecule has 5 nitrogen and oxygen atoms in total. The van der Waals surface area contributed by atoms with E-state index in [1.54, 1.807) is 23.6 Å². The molecule has 0 fully saturated rings. The van der Waals surface area contributed by atoms with E-state index in [-0.39, 0.29) is 12.0 Å². The number of carbonyl (C=O) groups is 2. The largest absolute Gasteiger partial charge is 0.462 e. The molecule has 1 aliphatic carbocycles. The number of para-hydroxylation sites is 1. The van der Waals surface area contributed by atoms with E-state index < -0.39 is 0 Å². The van der Waals surface area contributed by atoms with Gasteiger partial charge in [-0.2, -0.15) is 0 Å². The van der Waals surface area contributed by atoms with Gasteiger partial charge in [-0.3, -0.25) is 10.2 Å². The van der Waals surface area contributed by atoms with Crippen molar-refractivity contribution < 1.29 is 14.3 Å². The standard InChI is InChI=1S/C20H22N2O3S2/c1-2-25-19(23)17-13-7-3-5-9-15(13)27-18(17)21-20(24)22-11-12-26-16-10-6-4-8-14(16)22/h4,6,8,10H,2-3,5,7,9,11-12H2,1H3,(H,21,24). The summed E-state index contributed by atoms with van der Waals surface area (Å²) in [6.45, 7) is 2.78. The van der Waals surface area contributed by atoms with Crippen molar-refractivity contribution in [2.75, 3.05) is 29.1 Å². The highest BCUT2D eigenvalue weighted by molar-refractivity contribution is 7.99. The number of nitrogens with zero attached hydrogens (tertiary/aromatic N) is 1. The zero-order valence-corrected chi connectivity index (χ0v) is 16.9. The Bertz CT molecular complexity index is 878. The number of esters is 1. The van der Waals surface area contributed by atoms with Crippen LogP contribution in [0.2, 0.25) is 0 Å². The summed E-state index contributed by atoms with van der Waals surface area (Å²) in [5, 5.41) is 3.64. The van der Waals surface area contributed by atoms with Gasteiger partial charge in [0.05, 0.1) is 17.9 Å². The first kappa shape index (κ1) is 18.4. The molecule has 1 aliphatic heterocycles. The highest BCUT2D eigenvalue weighted by atomic mass is 32.2. The molecule has 2 heterocycles. The second-order valence-corrected chi connectivity index (χ2v) is 8.78. The van der Waals surface area contributed by atoms with Crippen LogP contribution in [0.3, 0.4) is 0 Å². The van der Waals surface area contributed by atoms with Crippen LogP contribution >= 0.6 is 23.1 Å². The number of fused-ring (bicyclic) bond motifs is 2. The number of thiophene rings is 1. The first-order valence-electron chi connectivity index (χ1n) is 9.31. The lowest BCUT2D eigenvalue weighted by molar-refractivity contribution is 0.0526. The molecule has 0 radical (unpaired) electrons. The normalized spacial score (nSPS) is 15.7. The number of amides is 2. The van der Waals surface area contributed by atoms with Crippen molar-refractivity contribution in [2.24, 2.45) is 0 Å². The number of urea groups is 1. The Labute approximate surface area is 167 Å². The third-order valence-electron chi connectivity index (χ3n) is 4.84. The molecule has 142 valence electrons. The maximum atomic E-state index is 13.0. The number of hydrogen-bond acceptors (Lipinski definition) is 5. The zero-order valence-electron chi connectivity index (χ0n) is 15.2. The fraction of sp³-hybridized carbons (Fsp3) is 0.400. The van der Waals surface area contributed by atoms with Gasteiger partial charge in [0.2, 0.25) is 0 Å². The summed E-state index contributed by atoms with van der Waals surface area (Å²) in [4.78, 5) is 29.7. The lowest BCUT2D eigenvalue weighted by Crippen LogP contribution is -2.38. The van der Waals surface area contributed by atoms with E-state index in [1.165, 1.54) is 16.2 Å². The van der Waals surface area contributed by atoms with Crippen molar-refractivity contribution in [2.45, 2.75) is 37.5 Å². The Kier molecular flexibility index (Phi) is 5.41. The Morgan fingerprint density at radius 1 is 1.22 bits per heavy atom. The minimum Gasteiger partial charge on any atom is -0.462 e. The van der Waals surface area contributed by atoms with Gasteiger partial charge in [0, 0.05) is 22.1 Å². The average Bonchev–Trinajstić information content (AvgIpc) is 3.05. The second-order valence-electron chi connectivity index (χ2n) is 6.53. The summed E-state index contributed by atoms with van der Waals surface area (Å²) in [6.07, 6.45) is 4.03. The zero-order chi connectivity index (χ0) is 18.8. The molecule has 0 spiro atoms. The Hall–Kier alpha value is -1.99. The summed E-state index contributed by atoms with van der Waals surface area (Å²) >= 11 is 3.28. The van der Waals surface area contributed by atoms with Crippen LogP contribution in [0.25, 0.3) is 0 Å². The Balaban J connectivity index is 1.64. The van der Waals surface area contributed by atoms with E-state index in [0.29, 0.717) is 23.7 Å². The molecule has 2 amide bonds. The second kappa shape index (κ2) is 7.94. The maximum Gasteiger partial charge on any atom is 0.341 e. The van der Waals surface area contributed by atoms with E-state index in [4.69, 9.17) is 4.74 Å². The molecule has 4 rings (SSSR count). The van der Waals surface area contributed by atoms with Gasteiger partial charge in [0.1, 0.15) is 5.00 Å². The Morgan fingerprint density at radius 3 is 2.89 bits per heavy atom. The van der Waals surface area contributed by atoms with Crippen LogP contribution in [0, 0.1) is 0 Å². The topological polar surface area (TPSA) is 58.6 Å². The van der Waals surface area contributed by atoms with Crippen LogP contribution in [0.5, 0.6) is 0 Å². The van der Waals surface area contributed by atoms with Crippen LogP contribution in [-0.4, -0.2) is 30.9 Å². The fourth-order valence-corrected chi connectivity index (χ4v) is 5.88. The molecule has 1 N–H and O–H groups in total. The SMILES string of the molecule is CCOC(=O)c1c(NC(=O)N2CCSc3ccccc32)sc2c1CCCC2. The third kappa shape index (κ3) is 3.58. The highest BCUT2D eigenvalue weighted by Gasteiger charge is 2.29. The summed E-state index contributed by atoms with van der Waals surface area (Å²) < 4.78 is 5.28. The summed E-state index contributed by atoms with van der Waals surface area (Å²) in [5.41, 5.74) is 2.55. The summed E-state index contributed by atoms with van der Waals surface area (Å²) in [5.74, 6) is 0.526. The van der Waals surface area contributed by atoms with Crippen molar-refractivity contribution in [3.63, 3.8) is 0 Å². The summed E-state index contributed by atoms with van der Waals surface area (Å²) in [6, 6.07) is 7.74. The predicted molar refractivity (Wildman–Crippen MR) is 110 cm³/mol. The lowest BCUT2D eigenvalue weighted by atomic mass is 9.95. The van der Waals surface area contributed by atoms with Crippen molar-refractivity contribution in [3.8, 4) is 0 Å². The molecule has 27 heavy (non-hydrogen) atoms. The van der Waals surface area contributed by atoms with Gasteiger partial charge in [-0.15, -0.1) is 23.1 Å². The van der Waals surface area contributed by atoms with E-state index in [0.717, 1.165) is 47.6 Å². The molecule has 1 aromatic heterocycles. The number of thioether (sulfide) groups is 1. The molecule has 0 bridgehead atoms. The molecule has 2 aliphatic rings. The van der Waals surface area contributed by atoms with Gasteiger partial charge in [-0.25, -0.2) is 9.59 Å². The van der Waals surface area contributed by atoms with Gasteiger partial charge >= 0.3 is 12.0 Å². The average molecular weight is 403 g/mol. The van der Waals surface area contributed by atoms with Crippen molar-refractivity contribution in [1.82, 2.24) is 0 Å². The maximum absolute atomic E-state index is 13.0. The summed E-state index contributed by atoms with van der Waals surface area (Å²) in [7, 11) is 0. The van der Waals surface area contributed by atoms with Gasteiger partial charge in [-0.05, 0) is 50.3 Å². The number of benzene rings is 1. The first-order valence-corrected chi connectivity index (χ1v) is 11.1. The fourth-order valence-electron chi connectivity index (χ4n) is 3.62. The van der Waals surface area contributed by atoms with Crippen molar-refractivity contribution >= 4 is 45.8 Å². The highest BCUT2D eigenvalue weighted by Crippen LogP contribution is 2.40. The molecule has 7 heteroatoms. The number of nitrogens with one attached hydrogen (secondary N) is 1. The lowest BCUT2D eigenvalue weighted by Gasteiger charge is -2.28. The quantitative estimate of drug-likeness (QED) is 0.738. The molecule has 0 saturated carbocycles. The molecule has 0 saturated heterocycles. The van der Waals surface area contributed by atoms with E-state index in [9.17, 15) is 9.59 Å². The number of carbonyl (C=O) groups excluding carboxylic acids is 2. The van der Waals surface area contributed by atoms with E-state index in [2.05, 4.69) is 5.32 Å². The molecule has 1 aromatic carbocycles. The third-order valence-corrected chi connectivity index (χ3v) is 7.10. The minimum absolute atomic E-state index is 0.188. The molecular weight excluding hydrogens is 380 g/mol. The van der Waals surface area contributed by atoms with Crippen LogP contribution in [-0.2, 0) is 17.6 Å². The van der Waals surface area contributed by atoms with E-state index >= 15 is 0 Å². The number of aryl methyl sites for hydroxylation is 1. The number of rotatable bonds is 3. The van der Waals surface area contributed by atoms with Gasteiger partial charge < -0.3 is 4.74 Å². The number of hydrogen-bond donors (Lipinski definition) is 1. The molecule has 0 unspecified atom stereocenters. The van der Waals surface area contributed by atoms with Crippen molar-refractivity contribution in [1.29, 1.82) is 0 Å². The van der Waals surface area contributed by atoms with Crippen LogP contribution in [0.1, 0.15) is 40.6 Å². The molecule has 2 aromatic rings. The van der Waals surface area contributed by atoms with Gasteiger partial charge in [-0.1, -0.05) is 12.1 Å². The van der Waals surface area contributed by atoms with Crippen molar-refractivity contribution in [3.05, 3.63) is 40.3 Å². The first-order chi connectivity index (χ1) is 13.2. The molecular formula is C20H22N2O3S2. The molecule has 0 atom stereocenters. The number of ether oxygens (including phenoxy) is 1. The van der Waals surface area contributed by atoms with Crippen LogP contribution < -0.4 is 10.2 Å². The van der Waals surface area contributed by atoms with Crippen LogP contribution in [0.15, 0.2) is 29.2 Å². The number of anilines is 2. The Morgan fingerprint density at radius 2 is 2.04 bits per heavy atom. The van der Waals surface area contributed by atoms with Gasteiger partial charge in [0.25, 0.3) is 0 Å².